The molecule has 0 spiro atoms. The van der Waals surface area contributed by atoms with E-state index in [9.17, 15) is 9.59 Å². The second-order valence-corrected chi connectivity index (χ2v) is 7.13. The molecule has 2 fully saturated rings. The molecule has 1 aromatic heterocycles. The van der Waals surface area contributed by atoms with Crippen molar-refractivity contribution < 1.29 is 9.53 Å². The number of hydrogen-bond donors (Lipinski definition) is 1. The summed E-state index contributed by atoms with van der Waals surface area (Å²) in [6, 6.07) is 11.1. The normalized spacial score (nSPS) is 17.6. The molecule has 0 radical (unpaired) electrons. The summed E-state index contributed by atoms with van der Waals surface area (Å²) in [7, 11) is 1.62. The van der Waals surface area contributed by atoms with Crippen LogP contribution in [0.15, 0.2) is 41.2 Å². The number of nitrogens with one attached hydrogen (secondary N) is 1. The van der Waals surface area contributed by atoms with Crippen molar-refractivity contribution in [2.75, 3.05) is 13.7 Å². The molecule has 2 saturated carbocycles. The standard InChI is InChI=1S/C20H23N3O3/c1-26-17-5-3-2-4-15(17)20(10-11-20)19(25)21-12-13-23-18(24)9-8-16(22-23)14-6-7-14/h2-5,8-9,14H,6-7,10-13H2,1H3,(H,21,25). The summed E-state index contributed by atoms with van der Waals surface area (Å²) in [5.41, 5.74) is 1.28. The van der Waals surface area contributed by atoms with Crippen molar-refractivity contribution in [3.05, 3.63) is 58.0 Å². The number of nitrogens with zero attached hydrogens (tertiary/aromatic N) is 2. The van der Waals surface area contributed by atoms with E-state index < -0.39 is 5.41 Å². The third kappa shape index (κ3) is 3.11. The van der Waals surface area contributed by atoms with Gasteiger partial charge in [0.1, 0.15) is 5.75 Å². The third-order valence-electron chi connectivity index (χ3n) is 5.30. The van der Waals surface area contributed by atoms with Crippen LogP contribution < -0.4 is 15.6 Å². The molecule has 4 rings (SSSR count). The number of aromatic nitrogens is 2. The van der Waals surface area contributed by atoms with E-state index >= 15 is 0 Å². The van der Waals surface area contributed by atoms with Gasteiger partial charge in [0.05, 0.1) is 24.8 Å². The van der Waals surface area contributed by atoms with Crippen LogP contribution >= 0.6 is 0 Å². The Kier molecular flexibility index (Phi) is 4.26. The topological polar surface area (TPSA) is 73.2 Å². The number of hydrogen-bond acceptors (Lipinski definition) is 4. The highest BCUT2D eigenvalue weighted by atomic mass is 16.5. The minimum Gasteiger partial charge on any atom is -0.496 e. The van der Waals surface area contributed by atoms with Crippen molar-refractivity contribution in [2.24, 2.45) is 0 Å². The fourth-order valence-electron chi connectivity index (χ4n) is 3.45. The molecular weight excluding hydrogens is 330 g/mol. The summed E-state index contributed by atoms with van der Waals surface area (Å²) in [6.07, 6.45) is 3.91. The monoisotopic (exact) mass is 353 g/mol. The van der Waals surface area contributed by atoms with Gasteiger partial charge in [-0.3, -0.25) is 9.59 Å². The van der Waals surface area contributed by atoms with Gasteiger partial charge in [-0.15, -0.1) is 0 Å². The van der Waals surface area contributed by atoms with Gasteiger partial charge in [0.25, 0.3) is 5.56 Å². The van der Waals surface area contributed by atoms with Gasteiger partial charge in [0.2, 0.25) is 5.91 Å². The zero-order valence-electron chi connectivity index (χ0n) is 14.9. The fourth-order valence-corrected chi connectivity index (χ4v) is 3.45. The van der Waals surface area contributed by atoms with E-state index in [0.717, 1.165) is 42.7 Å². The first kappa shape index (κ1) is 16.8. The smallest absolute Gasteiger partial charge is 0.266 e. The summed E-state index contributed by atoms with van der Waals surface area (Å²) in [5.74, 6) is 1.24. The van der Waals surface area contributed by atoms with Gasteiger partial charge in [0.15, 0.2) is 0 Å². The molecule has 0 unspecified atom stereocenters. The molecule has 1 aromatic carbocycles. The van der Waals surface area contributed by atoms with Crippen LogP contribution in [0, 0.1) is 0 Å². The van der Waals surface area contributed by atoms with Gasteiger partial charge in [-0.25, -0.2) is 4.68 Å². The van der Waals surface area contributed by atoms with Crippen LogP contribution in [0.2, 0.25) is 0 Å². The molecule has 0 atom stereocenters. The number of benzene rings is 1. The number of para-hydroxylation sites is 1. The highest BCUT2D eigenvalue weighted by Gasteiger charge is 2.52. The maximum Gasteiger partial charge on any atom is 0.266 e. The second kappa shape index (κ2) is 6.59. The number of rotatable bonds is 7. The predicted octanol–water partition coefficient (Wildman–Crippen LogP) is 1.98. The zero-order valence-corrected chi connectivity index (χ0v) is 14.9. The van der Waals surface area contributed by atoms with Crippen molar-refractivity contribution in [3.8, 4) is 5.75 Å². The molecule has 26 heavy (non-hydrogen) atoms. The predicted molar refractivity (Wildman–Crippen MR) is 97.4 cm³/mol. The van der Waals surface area contributed by atoms with Crippen molar-refractivity contribution >= 4 is 5.91 Å². The number of methoxy groups -OCH3 is 1. The van der Waals surface area contributed by atoms with Gasteiger partial charge >= 0.3 is 0 Å². The lowest BCUT2D eigenvalue weighted by atomic mass is 9.94. The summed E-state index contributed by atoms with van der Waals surface area (Å²) < 4.78 is 6.87. The molecule has 0 saturated heterocycles. The minimum absolute atomic E-state index is 0.00611. The highest BCUT2D eigenvalue weighted by Crippen LogP contribution is 2.51. The Bertz CT molecular complexity index is 882. The molecule has 2 aliphatic carbocycles. The molecule has 0 aliphatic heterocycles. The van der Waals surface area contributed by atoms with Crippen LogP contribution in [0.25, 0.3) is 0 Å². The number of ether oxygens (including phenoxy) is 1. The molecule has 2 aromatic rings. The average Bonchev–Trinajstić information content (AvgIpc) is 3.56. The number of amides is 1. The Hall–Kier alpha value is -2.63. The van der Waals surface area contributed by atoms with Crippen LogP contribution in [0.5, 0.6) is 5.75 Å². The van der Waals surface area contributed by atoms with Crippen LogP contribution in [0.1, 0.15) is 42.9 Å². The van der Waals surface area contributed by atoms with Gasteiger partial charge in [-0.2, -0.15) is 5.10 Å². The lowest BCUT2D eigenvalue weighted by Gasteiger charge is -2.18. The molecular formula is C20H23N3O3. The van der Waals surface area contributed by atoms with Crippen LogP contribution in [-0.2, 0) is 16.8 Å². The van der Waals surface area contributed by atoms with Crippen molar-refractivity contribution in [2.45, 2.75) is 43.6 Å². The first-order valence-corrected chi connectivity index (χ1v) is 9.14. The first-order chi connectivity index (χ1) is 12.6. The van der Waals surface area contributed by atoms with Crippen LogP contribution in [0.3, 0.4) is 0 Å². The third-order valence-corrected chi connectivity index (χ3v) is 5.30. The number of carbonyl (C=O) groups is 1. The number of carbonyl (C=O) groups excluding carboxylic acids is 1. The molecule has 2 aliphatic rings. The van der Waals surface area contributed by atoms with Gasteiger partial charge in [-0.1, -0.05) is 18.2 Å². The van der Waals surface area contributed by atoms with Gasteiger partial charge in [0, 0.05) is 24.1 Å². The van der Waals surface area contributed by atoms with E-state index in [-0.39, 0.29) is 11.5 Å². The van der Waals surface area contributed by atoms with Crippen LogP contribution in [-0.4, -0.2) is 29.3 Å². The first-order valence-electron chi connectivity index (χ1n) is 9.14. The van der Waals surface area contributed by atoms with Gasteiger partial charge in [-0.05, 0) is 37.8 Å². The Morgan fingerprint density at radius 3 is 2.73 bits per heavy atom. The maximum atomic E-state index is 12.8. The maximum absolute atomic E-state index is 12.8. The van der Waals surface area contributed by atoms with E-state index in [0.29, 0.717) is 19.0 Å². The quantitative estimate of drug-likeness (QED) is 0.826. The van der Waals surface area contributed by atoms with Crippen molar-refractivity contribution in [3.63, 3.8) is 0 Å². The highest BCUT2D eigenvalue weighted by molar-refractivity contribution is 5.92. The van der Waals surface area contributed by atoms with Gasteiger partial charge < -0.3 is 10.1 Å². The summed E-state index contributed by atoms with van der Waals surface area (Å²) in [4.78, 5) is 24.8. The Morgan fingerprint density at radius 1 is 1.27 bits per heavy atom. The molecule has 6 heteroatoms. The Labute approximate surface area is 152 Å². The summed E-state index contributed by atoms with van der Waals surface area (Å²) in [6.45, 7) is 0.768. The summed E-state index contributed by atoms with van der Waals surface area (Å²) in [5, 5.41) is 7.41. The van der Waals surface area contributed by atoms with Crippen molar-refractivity contribution in [1.82, 2.24) is 15.1 Å². The summed E-state index contributed by atoms with van der Waals surface area (Å²) >= 11 is 0. The molecule has 6 nitrogen and oxygen atoms in total. The molecule has 1 amide bonds. The van der Waals surface area contributed by atoms with E-state index in [4.69, 9.17) is 4.74 Å². The second-order valence-electron chi connectivity index (χ2n) is 7.13. The lowest BCUT2D eigenvalue weighted by molar-refractivity contribution is -0.123. The molecule has 136 valence electrons. The van der Waals surface area contributed by atoms with E-state index in [1.54, 1.807) is 13.2 Å². The molecule has 1 heterocycles. The fraction of sp³-hybridized carbons (Fsp3) is 0.450. The molecule has 1 N–H and O–H groups in total. The van der Waals surface area contributed by atoms with E-state index in [2.05, 4.69) is 10.4 Å². The zero-order chi connectivity index (χ0) is 18.1. The largest absolute Gasteiger partial charge is 0.496 e. The van der Waals surface area contributed by atoms with Crippen LogP contribution in [0.4, 0.5) is 0 Å². The SMILES string of the molecule is COc1ccccc1C1(C(=O)NCCn2nc(C3CC3)ccc2=O)CC1. The average molecular weight is 353 g/mol. The molecule has 0 bridgehead atoms. The minimum atomic E-state index is -0.499. The Balaban J connectivity index is 1.42. The van der Waals surface area contributed by atoms with E-state index in [1.807, 2.05) is 30.3 Å². The van der Waals surface area contributed by atoms with E-state index in [1.165, 1.54) is 4.68 Å². The van der Waals surface area contributed by atoms with Crippen molar-refractivity contribution in [1.29, 1.82) is 0 Å². The lowest BCUT2D eigenvalue weighted by Crippen LogP contribution is -2.38. The Morgan fingerprint density at radius 2 is 2.04 bits per heavy atom.